The molecular formula is C26H25F2N7O. The standard InChI is InChI=1S/C26H25F2N7O/c1-16(27)17(2)30-18(3)34-12-9-21(10-13-34)31-25-29-11-8-22(32-25)24-23(19-4-6-20(28)7-5-19)33-26-35(24)14-15-36-26/h4-8,11,14-15,21,30H,1-3,9-10,12-13H2,(H,29,31,32). The molecule has 1 aliphatic heterocycles. The SMILES string of the molecule is C=C(F)C(=C)NC(=C)N1CCC(Nc2nccc(-c3c(-c4ccc(F)cc4)nc4occn34)n2)CC1. The number of allylic oxidation sites excluding steroid dienone is 1. The maximum Gasteiger partial charge on any atom is 0.306 e. The number of imidazole rings is 1. The molecule has 0 aliphatic carbocycles. The van der Waals surface area contributed by atoms with Gasteiger partial charge in [-0.05, 0) is 43.2 Å². The second kappa shape index (κ2) is 9.65. The van der Waals surface area contributed by atoms with Crippen LogP contribution in [0, 0.1) is 5.82 Å². The normalized spacial score (nSPS) is 14.1. The van der Waals surface area contributed by atoms with E-state index < -0.39 is 5.83 Å². The molecular weight excluding hydrogens is 464 g/mol. The highest BCUT2D eigenvalue weighted by molar-refractivity contribution is 5.79. The van der Waals surface area contributed by atoms with Crippen molar-refractivity contribution in [2.75, 3.05) is 18.4 Å². The van der Waals surface area contributed by atoms with Crippen LogP contribution in [-0.4, -0.2) is 43.4 Å². The number of oxazole rings is 1. The van der Waals surface area contributed by atoms with Crippen LogP contribution in [0.3, 0.4) is 0 Å². The van der Waals surface area contributed by atoms with Gasteiger partial charge >= 0.3 is 5.84 Å². The lowest BCUT2D eigenvalue weighted by Crippen LogP contribution is -2.41. The number of nitrogens with zero attached hydrogens (tertiary/aromatic N) is 5. The van der Waals surface area contributed by atoms with Crippen molar-refractivity contribution in [1.29, 1.82) is 0 Å². The van der Waals surface area contributed by atoms with E-state index in [2.05, 4.69) is 40.3 Å². The zero-order valence-corrected chi connectivity index (χ0v) is 19.5. The van der Waals surface area contributed by atoms with Crippen molar-refractivity contribution in [2.45, 2.75) is 18.9 Å². The molecule has 2 N–H and O–H groups in total. The number of hydrogen-bond acceptors (Lipinski definition) is 7. The Bertz CT molecular complexity index is 1430. The lowest BCUT2D eigenvalue weighted by atomic mass is 10.1. The first kappa shape index (κ1) is 23.3. The summed E-state index contributed by atoms with van der Waals surface area (Å²) >= 11 is 0. The summed E-state index contributed by atoms with van der Waals surface area (Å²) in [6.07, 6.45) is 6.64. The number of benzene rings is 1. The van der Waals surface area contributed by atoms with Crippen LogP contribution in [-0.2, 0) is 0 Å². The minimum atomic E-state index is -0.613. The number of nitrogens with one attached hydrogen (secondary N) is 2. The summed E-state index contributed by atoms with van der Waals surface area (Å²) in [5.41, 5.74) is 2.87. The molecule has 10 heteroatoms. The van der Waals surface area contributed by atoms with E-state index in [4.69, 9.17) is 9.40 Å². The number of piperidine rings is 1. The summed E-state index contributed by atoms with van der Waals surface area (Å²) < 4.78 is 34.0. The molecule has 4 heterocycles. The van der Waals surface area contributed by atoms with Gasteiger partial charge in [-0.3, -0.25) is 4.40 Å². The van der Waals surface area contributed by atoms with Crippen LogP contribution in [0.5, 0.6) is 0 Å². The van der Waals surface area contributed by atoms with Gasteiger partial charge in [0.15, 0.2) is 0 Å². The fraction of sp³-hybridized carbons (Fsp3) is 0.192. The highest BCUT2D eigenvalue weighted by Gasteiger charge is 2.23. The molecule has 1 aromatic carbocycles. The van der Waals surface area contributed by atoms with E-state index in [0.29, 0.717) is 29.0 Å². The molecule has 3 aromatic heterocycles. The molecule has 184 valence electrons. The number of likely N-dealkylation sites (tertiary alicyclic amines) is 1. The molecule has 0 saturated carbocycles. The Kier molecular flexibility index (Phi) is 6.24. The molecule has 1 aliphatic rings. The summed E-state index contributed by atoms with van der Waals surface area (Å²) in [6, 6.07) is 8.10. The number of hydrogen-bond donors (Lipinski definition) is 2. The molecule has 1 saturated heterocycles. The number of anilines is 1. The molecule has 0 atom stereocenters. The van der Waals surface area contributed by atoms with Gasteiger partial charge in [-0.1, -0.05) is 19.7 Å². The van der Waals surface area contributed by atoms with Crippen molar-refractivity contribution >= 4 is 11.8 Å². The van der Waals surface area contributed by atoms with Crippen LogP contribution < -0.4 is 10.6 Å². The van der Waals surface area contributed by atoms with Crippen LogP contribution in [0.1, 0.15) is 12.8 Å². The van der Waals surface area contributed by atoms with Gasteiger partial charge in [0.25, 0.3) is 0 Å². The predicted octanol–water partition coefficient (Wildman–Crippen LogP) is 5.12. The average Bonchev–Trinajstić information content (AvgIpc) is 3.46. The Morgan fingerprint density at radius 3 is 2.53 bits per heavy atom. The Hall–Kier alpha value is -4.47. The average molecular weight is 490 g/mol. The van der Waals surface area contributed by atoms with E-state index in [1.54, 1.807) is 36.9 Å². The first-order chi connectivity index (χ1) is 17.4. The van der Waals surface area contributed by atoms with E-state index in [-0.39, 0.29) is 17.6 Å². The van der Waals surface area contributed by atoms with Gasteiger partial charge in [0.2, 0.25) is 5.95 Å². The van der Waals surface area contributed by atoms with Crippen molar-refractivity contribution in [3.05, 3.63) is 91.9 Å². The van der Waals surface area contributed by atoms with Crippen LogP contribution in [0.4, 0.5) is 14.7 Å². The number of halogens is 2. The third kappa shape index (κ3) is 4.70. The number of fused-ring (bicyclic) bond motifs is 1. The fourth-order valence-corrected chi connectivity index (χ4v) is 4.20. The Morgan fingerprint density at radius 2 is 1.81 bits per heavy atom. The molecule has 0 amide bonds. The van der Waals surface area contributed by atoms with Gasteiger partial charge in [-0.15, -0.1) is 0 Å². The second-order valence-corrected chi connectivity index (χ2v) is 8.50. The largest absolute Gasteiger partial charge is 0.432 e. The molecule has 0 radical (unpaired) electrons. The summed E-state index contributed by atoms with van der Waals surface area (Å²) in [5, 5.41) is 6.27. The zero-order chi connectivity index (χ0) is 25.2. The van der Waals surface area contributed by atoms with E-state index in [9.17, 15) is 8.78 Å². The topological polar surface area (TPSA) is 83.5 Å². The predicted molar refractivity (Wildman–Crippen MR) is 134 cm³/mol. The summed E-state index contributed by atoms with van der Waals surface area (Å²) in [4.78, 5) is 15.8. The monoisotopic (exact) mass is 489 g/mol. The Labute approximate surface area is 206 Å². The maximum atomic E-state index is 13.5. The molecule has 5 rings (SSSR count). The highest BCUT2D eigenvalue weighted by atomic mass is 19.1. The van der Waals surface area contributed by atoms with Gasteiger partial charge < -0.3 is 20.0 Å². The van der Waals surface area contributed by atoms with E-state index in [0.717, 1.165) is 37.2 Å². The summed E-state index contributed by atoms with van der Waals surface area (Å²) in [7, 11) is 0. The van der Waals surface area contributed by atoms with E-state index in [1.807, 2.05) is 9.30 Å². The first-order valence-corrected chi connectivity index (χ1v) is 11.4. The van der Waals surface area contributed by atoms with Crippen molar-refractivity contribution in [1.82, 2.24) is 29.6 Å². The van der Waals surface area contributed by atoms with Crippen LogP contribution in [0.25, 0.3) is 28.5 Å². The third-order valence-corrected chi connectivity index (χ3v) is 6.11. The van der Waals surface area contributed by atoms with Gasteiger partial charge in [0, 0.05) is 37.1 Å². The van der Waals surface area contributed by atoms with E-state index in [1.165, 1.54) is 12.1 Å². The van der Waals surface area contributed by atoms with Crippen molar-refractivity contribution in [3.63, 3.8) is 0 Å². The molecule has 0 bridgehead atoms. The van der Waals surface area contributed by atoms with E-state index >= 15 is 0 Å². The quantitative estimate of drug-likeness (QED) is 0.332. The van der Waals surface area contributed by atoms with Crippen molar-refractivity contribution in [2.24, 2.45) is 0 Å². The Balaban J connectivity index is 1.32. The van der Waals surface area contributed by atoms with Crippen molar-refractivity contribution in [3.8, 4) is 22.6 Å². The lowest BCUT2D eigenvalue weighted by Gasteiger charge is -2.35. The number of rotatable bonds is 8. The van der Waals surface area contributed by atoms with Gasteiger partial charge in [-0.2, -0.15) is 4.98 Å². The third-order valence-electron chi connectivity index (χ3n) is 6.11. The smallest absolute Gasteiger partial charge is 0.306 e. The zero-order valence-electron chi connectivity index (χ0n) is 19.5. The van der Waals surface area contributed by atoms with Crippen LogP contribution in [0.2, 0.25) is 0 Å². The van der Waals surface area contributed by atoms with Crippen LogP contribution in [0.15, 0.2) is 90.5 Å². The van der Waals surface area contributed by atoms with Crippen LogP contribution >= 0.6 is 0 Å². The summed E-state index contributed by atoms with van der Waals surface area (Å²) in [5.74, 6) is 0.568. The minimum absolute atomic E-state index is 0.108. The molecule has 36 heavy (non-hydrogen) atoms. The highest BCUT2D eigenvalue weighted by Crippen LogP contribution is 2.32. The second-order valence-electron chi connectivity index (χ2n) is 8.50. The molecule has 8 nitrogen and oxygen atoms in total. The summed E-state index contributed by atoms with van der Waals surface area (Å²) in [6.45, 7) is 12.3. The molecule has 1 fully saturated rings. The van der Waals surface area contributed by atoms with Crippen molar-refractivity contribution < 1.29 is 13.2 Å². The van der Waals surface area contributed by atoms with Gasteiger partial charge in [0.1, 0.15) is 29.3 Å². The van der Waals surface area contributed by atoms with Gasteiger partial charge in [0.05, 0.1) is 17.2 Å². The first-order valence-electron chi connectivity index (χ1n) is 11.4. The molecule has 0 spiro atoms. The maximum absolute atomic E-state index is 13.5. The number of aromatic nitrogens is 4. The Morgan fingerprint density at radius 1 is 1.06 bits per heavy atom. The minimum Gasteiger partial charge on any atom is -0.432 e. The molecule has 4 aromatic rings. The fourth-order valence-electron chi connectivity index (χ4n) is 4.20. The van der Waals surface area contributed by atoms with Gasteiger partial charge in [-0.25, -0.2) is 18.7 Å². The lowest BCUT2D eigenvalue weighted by molar-refractivity contribution is 0.260. The molecule has 0 unspecified atom stereocenters.